The first-order chi connectivity index (χ1) is 13.8. The minimum Gasteiger partial charge on any atom is -0.466 e. The fourth-order valence-corrected chi connectivity index (χ4v) is 2.61. The molecule has 0 rings (SSSR count). The average Bonchev–Trinajstić information content (AvgIpc) is 2.63. The van der Waals surface area contributed by atoms with Crippen molar-refractivity contribution in [2.24, 2.45) is 10.8 Å². The summed E-state index contributed by atoms with van der Waals surface area (Å²) in [5.41, 5.74) is -0.826. The Kier molecular flexibility index (Phi) is 13.5. The molecule has 0 unspecified atom stereocenters. The van der Waals surface area contributed by atoms with E-state index in [1.165, 1.54) is 0 Å². The van der Waals surface area contributed by atoms with Crippen molar-refractivity contribution in [3.8, 4) is 0 Å². The van der Waals surface area contributed by atoms with Crippen molar-refractivity contribution in [2.45, 2.75) is 106 Å². The van der Waals surface area contributed by atoms with E-state index in [1.54, 1.807) is 0 Å². The Balaban J connectivity index is 3.52. The molecule has 0 amide bonds. The van der Waals surface area contributed by atoms with Crippen molar-refractivity contribution in [2.75, 3.05) is 13.2 Å². The van der Waals surface area contributed by atoms with Gasteiger partial charge in [0.15, 0.2) is 0 Å². The van der Waals surface area contributed by atoms with Crippen LogP contribution in [0.15, 0.2) is 0 Å². The third-order valence-corrected chi connectivity index (χ3v) is 4.85. The highest BCUT2D eigenvalue weighted by molar-refractivity contribution is 5.87. The van der Waals surface area contributed by atoms with Crippen LogP contribution < -0.4 is 0 Å². The van der Waals surface area contributed by atoms with Gasteiger partial charge in [0.05, 0.1) is 26.1 Å². The predicted molar refractivity (Wildman–Crippen MR) is 117 cm³/mol. The second-order valence-electron chi connectivity index (χ2n) is 9.91. The first-order valence-corrected chi connectivity index (χ1v) is 11.2. The highest BCUT2D eigenvalue weighted by Gasteiger charge is 2.22. The van der Waals surface area contributed by atoms with Crippen molar-refractivity contribution < 1.29 is 28.7 Å². The van der Waals surface area contributed by atoms with Gasteiger partial charge < -0.3 is 9.47 Å². The molecule has 0 aliphatic heterocycles. The van der Waals surface area contributed by atoms with Gasteiger partial charge in [-0.05, 0) is 12.8 Å². The van der Waals surface area contributed by atoms with Crippen molar-refractivity contribution in [1.29, 1.82) is 0 Å². The molecule has 6 nitrogen and oxygen atoms in total. The third kappa shape index (κ3) is 15.2. The topological polar surface area (TPSA) is 86.7 Å². The fraction of sp³-hybridized carbons (Fsp3) is 0.833. The standard InChI is InChI=1S/C24H42O6/c1-23(2,3)19(25)13-15-21(27)29-17-11-9-7-8-10-12-18-30-22(28)16-14-20(26)24(4,5)6/h7-18H2,1-6H3. The molecule has 0 spiro atoms. The van der Waals surface area contributed by atoms with Crippen LogP contribution in [0.5, 0.6) is 0 Å². The molecule has 0 N–H and O–H groups in total. The van der Waals surface area contributed by atoms with E-state index in [0.717, 1.165) is 38.5 Å². The van der Waals surface area contributed by atoms with Crippen molar-refractivity contribution in [3.63, 3.8) is 0 Å². The summed E-state index contributed by atoms with van der Waals surface area (Å²) < 4.78 is 10.3. The maximum atomic E-state index is 11.8. The first-order valence-electron chi connectivity index (χ1n) is 11.2. The van der Waals surface area contributed by atoms with E-state index < -0.39 is 10.8 Å². The predicted octanol–water partition coefficient (Wildman–Crippen LogP) is 5.20. The highest BCUT2D eigenvalue weighted by atomic mass is 16.5. The summed E-state index contributed by atoms with van der Waals surface area (Å²) in [7, 11) is 0. The Morgan fingerprint density at radius 1 is 0.500 bits per heavy atom. The molecular weight excluding hydrogens is 384 g/mol. The molecule has 174 valence electrons. The molecule has 0 aromatic rings. The number of carbonyl (C=O) groups is 4. The van der Waals surface area contributed by atoms with Crippen LogP contribution in [0.25, 0.3) is 0 Å². The summed E-state index contributed by atoms with van der Waals surface area (Å²) in [6.07, 6.45) is 6.43. The number of rotatable bonds is 15. The van der Waals surface area contributed by atoms with Gasteiger partial charge >= 0.3 is 11.9 Å². The van der Waals surface area contributed by atoms with Crippen LogP contribution in [0.4, 0.5) is 0 Å². The lowest BCUT2D eigenvalue weighted by molar-refractivity contribution is -0.146. The average molecular weight is 427 g/mol. The second-order valence-corrected chi connectivity index (χ2v) is 9.91. The summed E-state index contributed by atoms with van der Waals surface area (Å²) in [5.74, 6) is -0.468. The normalized spacial score (nSPS) is 11.8. The molecule has 30 heavy (non-hydrogen) atoms. The van der Waals surface area contributed by atoms with Crippen LogP contribution in [0.1, 0.15) is 106 Å². The second kappa shape index (κ2) is 14.3. The fourth-order valence-electron chi connectivity index (χ4n) is 2.61. The van der Waals surface area contributed by atoms with Crippen LogP contribution in [0, 0.1) is 10.8 Å². The zero-order valence-corrected chi connectivity index (χ0v) is 19.9. The number of unbranched alkanes of at least 4 members (excludes halogenated alkanes) is 5. The van der Waals surface area contributed by atoms with E-state index in [2.05, 4.69) is 0 Å². The van der Waals surface area contributed by atoms with Gasteiger partial charge in [-0.2, -0.15) is 0 Å². The van der Waals surface area contributed by atoms with Gasteiger partial charge in [-0.25, -0.2) is 0 Å². The molecule has 0 bridgehead atoms. The van der Waals surface area contributed by atoms with E-state index in [-0.39, 0.29) is 49.2 Å². The lowest BCUT2D eigenvalue weighted by atomic mass is 9.88. The molecule has 0 aliphatic carbocycles. The van der Waals surface area contributed by atoms with Crippen molar-refractivity contribution in [3.05, 3.63) is 0 Å². The van der Waals surface area contributed by atoms with E-state index in [1.807, 2.05) is 41.5 Å². The first kappa shape index (κ1) is 28.3. The number of ether oxygens (including phenoxy) is 2. The monoisotopic (exact) mass is 426 g/mol. The molecular formula is C24H42O6. The summed E-state index contributed by atoms with van der Waals surface area (Å²) in [6, 6.07) is 0. The van der Waals surface area contributed by atoms with Gasteiger partial charge in [-0.15, -0.1) is 0 Å². The van der Waals surface area contributed by atoms with Crippen LogP contribution >= 0.6 is 0 Å². The van der Waals surface area contributed by atoms with Crippen molar-refractivity contribution >= 4 is 23.5 Å². The number of esters is 2. The maximum absolute atomic E-state index is 11.8. The molecule has 0 aliphatic rings. The molecule has 6 heteroatoms. The summed E-state index contributed by atoms with van der Waals surface area (Å²) in [4.78, 5) is 46.8. The number of Topliss-reactive ketones (excluding diaryl/α,β-unsaturated/α-hetero) is 2. The Morgan fingerprint density at radius 2 is 0.800 bits per heavy atom. The summed E-state index contributed by atoms with van der Waals surface area (Å²) in [6.45, 7) is 11.9. The van der Waals surface area contributed by atoms with E-state index in [4.69, 9.17) is 9.47 Å². The quantitative estimate of drug-likeness (QED) is 0.264. The minimum absolute atomic E-state index is 0.0727. The summed E-state index contributed by atoms with van der Waals surface area (Å²) >= 11 is 0. The minimum atomic E-state index is -0.413. The Bertz CT molecular complexity index is 501. The van der Waals surface area contributed by atoms with Crippen LogP contribution in [0.2, 0.25) is 0 Å². The van der Waals surface area contributed by atoms with Crippen molar-refractivity contribution in [1.82, 2.24) is 0 Å². The molecule has 0 heterocycles. The zero-order valence-electron chi connectivity index (χ0n) is 19.9. The van der Waals surface area contributed by atoms with Crippen LogP contribution in [-0.2, 0) is 28.7 Å². The van der Waals surface area contributed by atoms with Gasteiger partial charge in [0.25, 0.3) is 0 Å². The van der Waals surface area contributed by atoms with Gasteiger partial charge in [-0.1, -0.05) is 67.2 Å². The molecule has 0 aromatic carbocycles. The number of carbonyl (C=O) groups excluding carboxylic acids is 4. The molecule has 0 atom stereocenters. The van der Waals surface area contributed by atoms with Crippen LogP contribution in [-0.4, -0.2) is 36.7 Å². The Hall–Kier alpha value is -1.72. The smallest absolute Gasteiger partial charge is 0.306 e. The van der Waals surface area contributed by atoms with Gasteiger partial charge in [0, 0.05) is 23.7 Å². The molecule has 0 saturated carbocycles. The third-order valence-electron chi connectivity index (χ3n) is 4.85. The summed E-state index contributed by atoms with van der Waals surface area (Å²) in [5, 5.41) is 0. The zero-order chi connectivity index (χ0) is 23.2. The van der Waals surface area contributed by atoms with Gasteiger partial charge in [0.2, 0.25) is 0 Å². The molecule has 0 aromatic heterocycles. The lowest BCUT2D eigenvalue weighted by Gasteiger charge is -2.15. The molecule has 0 fully saturated rings. The number of hydrogen-bond acceptors (Lipinski definition) is 6. The van der Waals surface area contributed by atoms with E-state index in [0.29, 0.717) is 13.2 Å². The molecule has 0 saturated heterocycles. The van der Waals surface area contributed by atoms with Gasteiger partial charge in [-0.3, -0.25) is 19.2 Å². The van der Waals surface area contributed by atoms with Gasteiger partial charge in [0.1, 0.15) is 11.6 Å². The Labute approximate surface area is 182 Å². The molecule has 0 radical (unpaired) electrons. The highest BCUT2D eigenvalue weighted by Crippen LogP contribution is 2.18. The number of ketones is 2. The van der Waals surface area contributed by atoms with E-state index in [9.17, 15) is 19.2 Å². The van der Waals surface area contributed by atoms with E-state index >= 15 is 0 Å². The maximum Gasteiger partial charge on any atom is 0.306 e. The largest absolute Gasteiger partial charge is 0.466 e. The Morgan fingerprint density at radius 3 is 1.10 bits per heavy atom. The number of hydrogen-bond donors (Lipinski definition) is 0. The SMILES string of the molecule is CC(C)(C)C(=O)CCC(=O)OCCCCCCCCOC(=O)CCC(=O)C(C)(C)C. The lowest BCUT2D eigenvalue weighted by Crippen LogP contribution is -2.21. The van der Waals surface area contributed by atoms with Crippen LogP contribution in [0.3, 0.4) is 0 Å².